The molecular formula is C27H19IN2. The first-order chi connectivity index (χ1) is 14.8. The number of fused-ring (bicyclic) bond motifs is 1. The minimum atomic E-state index is 1.02. The Labute approximate surface area is 189 Å². The quantitative estimate of drug-likeness (QED) is 0.189. The van der Waals surface area contributed by atoms with Crippen LogP contribution in [-0.2, 0) is 4.43 Å². The number of rotatable bonds is 4. The van der Waals surface area contributed by atoms with Gasteiger partial charge >= 0.3 is 0 Å². The minimum Gasteiger partial charge on any atom is -0.265 e. The van der Waals surface area contributed by atoms with Crippen LogP contribution in [0.5, 0.6) is 0 Å². The number of pyridine rings is 2. The summed E-state index contributed by atoms with van der Waals surface area (Å²) in [6.07, 6.45) is 5.61. The van der Waals surface area contributed by atoms with Gasteiger partial charge in [-0.25, -0.2) is 0 Å². The molecule has 0 spiro atoms. The van der Waals surface area contributed by atoms with Crippen molar-refractivity contribution in [1.82, 2.24) is 9.97 Å². The zero-order valence-corrected chi connectivity index (χ0v) is 18.5. The summed E-state index contributed by atoms with van der Waals surface area (Å²) in [6, 6.07) is 30.2. The van der Waals surface area contributed by atoms with E-state index < -0.39 is 0 Å². The van der Waals surface area contributed by atoms with Gasteiger partial charge in [-0.05, 0) is 57.6 Å². The fraction of sp³-hybridized carbons (Fsp3) is 0.0370. The van der Waals surface area contributed by atoms with Gasteiger partial charge in [0.05, 0.1) is 5.52 Å². The molecule has 0 saturated carbocycles. The van der Waals surface area contributed by atoms with Crippen molar-refractivity contribution in [3.8, 4) is 33.4 Å². The van der Waals surface area contributed by atoms with Crippen LogP contribution in [0.3, 0.4) is 0 Å². The lowest BCUT2D eigenvalue weighted by molar-refractivity contribution is 1.33. The average molecular weight is 498 g/mol. The molecule has 0 aliphatic carbocycles. The van der Waals surface area contributed by atoms with E-state index in [0.717, 1.165) is 20.9 Å². The Morgan fingerprint density at radius 2 is 1.13 bits per heavy atom. The Bertz CT molecular complexity index is 1290. The number of benzene rings is 3. The van der Waals surface area contributed by atoms with Crippen LogP contribution in [0.2, 0.25) is 0 Å². The van der Waals surface area contributed by atoms with Gasteiger partial charge in [0.2, 0.25) is 0 Å². The summed E-state index contributed by atoms with van der Waals surface area (Å²) < 4.78 is 1.03. The maximum atomic E-state index is 4.75. The molecule has 0 unspecified atom stereocenters. The maximum Gasteiger partial charge on any atom is 0.0708 e. The second kappa shape index (κ2) is 8.36. The number of halogens is 1. The molecule has 0 atom stereocenters. The summed E-state index contributed by atoms with van der Waals surface area (Å²) in [5.41, 5.74) is 9.44. The van der Waals surface area contributed by atoms with Crippen molar-refractivity contribution in [2.75, 3.05) is 0 Å². The fourth-order valence-corrected chi connectivity index (χ4v) is 4.15. The van der Waals surface area contributed by atoms with Gasteiger partial charge in [-0.3, -0.25) is 9.97 Å². The van der Waals surface area contributed by atoms with Crippen LogP contribution in [0.25, 0.3) is 44.3 Å². The zero-order chi connectivity index (χ0) is 20.3. The lowest BCUT2D eigenvalue weighted by Gasteiger charge is -2.08. The molecule has 0 saturated heterocycles. The largest absolute Gasteiger partial charge is 0.265 e. The van der Waals surface area contributed by atoms with Gasteiger partial charge in [-0.2, -0.15) is 0 Å². The monoisotopic (exact) mass is 498 g/mol. The van der Waals surface area contributed by atoms with Gasteiger partial charge in [0.15, 0.2) is 0 Å². The van der Waals surface area contributed by atoms with Crippen LogP contribution in [0.1, 0.15) is 5.56 Å². The Balaban J connectivity index is 1.45. The van der Waals surface area contributed by atoms with Crippen molar-refractivity contribution in [1.29, 1.82) is 0 Å². The summed E-state index contributed by atoms with van der Waals surface area (Å²) in [5.74, 6) is 0. The van der Waals surface area contributed by atoms with Crippen molar-refractivity contribution in [2.24, 2.45) is 0 Å². The van der Waals surface area contributed by atoms with E-state index in [-0.39, 0.29) is 0 Å². The highest BCUT2D eigenvalue weighted by molar-refractivity contribution is 14.1. The molecule has 0 aliphatic rings. The molecule has 2 nitrogen and oxygen atoms in total. The van der Waals surface area contributed by atoms with Crippen molar-refractivity contribution in [3.63, 3.8) is 0 Å². The first-order valence-electron chi connectivity index (χ1n) is 9.86. The number of aromatic nitrogens is 2. The van der Waals surface area contributed by atoms with Crippen LogP contribution in [-0.4, -0.2) is 9.97 Å². The lowest BCUT2D eigenvalue weighted by atomic mass is 9.99. The molecule has 0 radical (unpaired) electrons. The van der Waals surface area contributed by atoms with Gasteiger partial charge in [0.1, 0.15) is 0 Å². The van der Waals surface area contributed by atoms with E-state index in [9.17, 15) is 0 Å². The highest BCUT2D eigenvalue weighted by Crippen LogP contribution is 2.29. The normalized spacial score (nSPS) is 11.0. The Kier molecular flexibility index (Phi) is 5.28. The molecule has 3 heteroatoms. The number of nitrogens with zero attached hydrogens (tertiary/aromatic N) is 2. The lowest BCUT2D eigenvalue weighted by Crippen LogP contribution is -1.86. The number of alkyl halides is 1. The zero-order valence-electron chi connectivity index (χ0n) is 16.3. The summed E-state index contributed by atoms with van der Waals surface area (Å²) >= 11 is 2.39. The van der Waals surface area contributed by atoms with Crippen molar-refractivity contribution in [2.45, 2.75) is 4.43 Å². The second-order valence-electron chi connectivity index (χ2n) is 7.28. The highest BCUT2D eigenvalue weighted by Gasteiger charge is 2.05. The van der Waals surface area contributed by atoms with E-state index in [1.807, 2.05) is 30.7 Å². The number of hydrogen-bond donors (Lipinski definition) is 0. The smallest absolute Gasteiger partial charge is 0.0708 e. The Morgan fingerprint density at radius 1 is 0.567 bits per heavy atom. The molecule has 0 amide bonds. The van der Waals surface area contributed by atoms with Crippen LogP contribution in [0, 0.1) is 0 Å². The van der Waals surface area contributed by atoms with Crippen molar-refractivity contribution < 1.29 is 0 Å². The average Bonchev–Trinajstić information content (AvgIpc) is 2.84. The van der Waals surface area contributed by atoms with E-state index in [2.05, 4.69) is 100 Å². The highest BCUT2D eigenvalue weighted by atomic mass is 127. The standard InChI is InChI=1S/C27H19IN2/c28-17-19-1-3-21(4-2-19)24-9-10-25-15-26(18-30-27(25)16-24)22-7-5-20(6-8-22)23-11-13-29-14-12-23/h1-16,18H,17H2. The van der Waals surface area contributed by atoms with E-state index in [1.165, 1.54) is 33.4 Å². The van der Waals surface area contributed by atoms with E-state index >= 15 is 0 Å². The van der Waals surface area contributed by atoms with Gasteiger partial charge in [-0.15, -0.1) is 0 Å². The Hall–Kier alpha value is -3.05. The molecule has 0 aliphatic heterocycles. The van der Waals surface area contributed by atoms with Gasteiger partial charge in [-0.1, -0.05) is 83.3 Å². The van der Waals surface area contributed by atoms with Crippen molar-refractivity contribution in [3.05, 3.63) is 109 Å². The Morgan fingerprint density at radius 3 is 1.83 bits per heavy atom. The third-order valence-electron chi connectivity index (χ3n) is 5.36. The molecule has 2 aromatic heterocycles. The number of hydrogen-bond acceptors (Lipinski definition) is 2. The molecule has 5 aromatic rings. The molecule has 5 rings (SSSR count). The topological polar surface area (TPSA) is 25.8 Å². The van der Waals surface area contributed by atoms with E-state index in [0.29, 0.717) is 0 Å². The molecule has 0 bridgehead atoms. The third-order valence-corrected chi connectivity index (χ3v) is 6.24. The molecule has 0 N–H and O–H groups in total. The van der Waals surface area contributed by atoms with Crippen LogP contribution >= 0.6 is 22.6 Å². The van der Waals surface area contributed by atoms with E-state index in [1.54, 1.807) is 0 Å². The van der Waals surface area contributed by atoms with E-state index in [4.69, 9.17) is 4.98 Å². The first kappa shape index (κ1) is 18.9. The summed E-state index contributed by atoms with van der Waals surface area (Å²) in [5, 5.41) is 1.15. The van der Waals surface area contributed by atoms with Crippen LogP contribution in [0.15, 0.2) is 104 Å². The van der Waals surface area contributed by atoms with Crippen LogP contribution in [0.4, 0.5) is 0 Å². The van der Waals surface area contributed by atoms with Gasteiger partial charge in [0, 0.05) is 34.0 Å². The predicted octanol–water partition coefficient (Wildman–Crippen LogP) is 7.57. The maximum absolute atomic E-state index is 4.75. The van der Waals surface area contributed by atoms with Crippen molar-refractivity contribution >= 4 is 33.5 Å². The second-order valence-corrected chi connectivity index (χ2v) is 8.04. The predicted molar refractivity (Wildman–Crippen MR) is 134 cm³/mol. The molecule has 3 aromatic carbocycles. The third kappa shape index (κ3) is 3.85. The molecule has 144 valence electrons. The van der Waals surface area contributed by atoms with Gasteiger partial charge in [0.25, 0.3) is 0 Å². The van der Waals surface area contributed by atoms with Crippen LogP contribution < -0.4 is 0 Å². The van der Waals surface area contributed by atoms with Gasteiger partial charge < -0.3 is 0 Å². The molecule has 0 fully saturated rings. The molecular weight excluding hydrogens is 479 g/mol. The summed E-state index contributed by atoms with van der Waals surface area (Å²) in [6.45, 7) is 0. The summed E-state index contributed by atoms with van der Waals surface area (Å²) in [7, 11) is 0. The fourth-order valence-electron chi connectivity index (χ4n) is 3.64. The summed E-state index contributed by atoms with van der Waals surface area (Å²) in [4.78, 5) is 8.84. The molecule has 2 heterocycles. The minimum absolute atomic E-state index is 1.02. The SMILES string of the molecule is ICc1ccc(-c2ccc3cc(-c4ccc(-c5ccncc5)cc4)cnc3c2)cc1. The molecule has 30 heavy (non-hydrogen) atoms. The first-order valence-corrected chi connectivity index (χ1v) is 11.4.